The summed E-state index contributed by atoms with van der Waals surface area (Å²) in [5, 5.41) is 4.06. The quantitative estimate of drug-likeness (QED) is 0.592. The zero-order valence-corrected chi connectivity index (χ0v) is 11.2. The van der Waals surface area contributed by atoms with E-state index in [4.69, 9.17) is 9.47 Å². The van der Waals surface area contributed by atoms with Gasteiger partial charge in [-0.1, -0.05) is 11.8 Å². The minimum absolute atomic E-state index is 0.252. The van der Waals surface area contributed by atoms with Crippen molar-refractivity contribution in [1.29, 1.82) is 0 Å². The molecule has 4 heteroatoms. The van der Waals surface area contributed by atoms with Crippen molar-refractivity contribution in [3.8, 4) is 11.8 Å². The highest BCUT2D eigenvalue weighted by Crippen LogP contribution is 2.12. The predicted molar refractivity (Wildman–Crippen MR) is 66.3 cm³/mol. The van der Waals surface area contributed by atoms with Gasteiger partial charge in [-0.2, -0.15) is 5.10 Å². The molecule has 0 amide bonds. The molecule has 0 saturated carbocycles. The fourth-order valence-electron chi connectivity index (χ4n) is 1.42. The summed E-state index contributed by atoms with van der Waals surface area (Å²) in [5.41, 5.74) is 0.345. The Hall–Kier alpha value is -1.31. The second-order valence-electron chi connectivity index (χ2n) is 4.30. The predicted octanol–water partition coefficient (Wildman–Crippen LogP) is 1.95. The van der Waals surface area contributed by atoms with Crippen LogP contribution in [0.4, 0.5) is 0 Å². The third-order valence-corrected chi connectivity index (χ3v) is 2.07. The maximum absolute atomic E-state index is 5.68. The molecule has 1 rings (SSSR count). The Balaban J connectivity index is 2.62. The minimum Gasteiger partial charge on any atom is -0.353 e. The Labute approximate surface area is 103 Å². The van der Waals surface area contributed by atoms with Crippen LogP contribution in [0, 0.1) is 11.8 Å². The molecule has 0 saturated heterocycles. The number of hydrogen-bond acceptors (Lipinski definition) is 3. The Bertz CT molecular complexity index is 413. The summed E-state index contributed by atoms with van der Waals surface area (Å²) in [7, 11) is 1.87. The third kappa shape index (κ3) is 5.03. The summed E-state index contributed by atoms with van der Waals surface area (Å²) in [4.78, 5) is 0. The molecule has 94 valence electrons. The van der Waals surface area contributed by atoms with Crippen LogP contribution in [-0.4, -0.2) is 28.3 Å². The molecule has 0 aliphatic carbocycles. The minimum atomic E-state index is -0.537. The summed E-state index contributed by atoms with van der Waals surface area (Å²) in [6.45, 7) is 8.29. The Morgan fingerprint density at radius 2 is 2.24 bits per heavy atom. The first-order valence-electron chi connectivity index (χ1n) is 5.74. The normalized spacial score (nSPS) is 13.0. The summed E-state index contributed by atoms with van der Waals surface area (Å²) >= 11 is 0. The van der Waals surface area contributed by atoms with Gasteiger partial charge in [0.1, 0.15) is 5.60 Å². The lowest BCUT2D eigenvalue weighted by Crippen LogP contribution is -2.29. The number of hydrogen-bond donors (Lipinski definition) is 0. The van der Waals surface area contributed by atoms with E-state index in [1.54, 1.807) is 10.9 Å². The van der Waals surface area contributed by atoms with E-state index in [-0.39, 0.29) is 6.29 Å². The number of aryl methyl sites for hydroxylation is 1. The number of rotatable bonds is 4. The molecule has 0 radical (unpaired) electrons. The fourth-order valence-corrected chi connectivity index (χ4v) is 1.42. The number of nitrogens with zero attached hydrogens (tertiary/aromatic N) is 2. The van der Waals surface area contributed by atoms with E-state index in [1.807, 2.05) is 40.9 Å². The SMILES string of the molecule is CCOC(C)OC(C)(C)C#Cc1cnn(C)c1. The molecule has 1 aromatic heterocycles. The van der Waals surface area contributed by atoms with Gasteiger partial charge in [0.05, 0.1) is 11.8 Å². The average molecular weight is 236 g/mol. The lowest BCUT2D eigenvalue weighted by molar-refractivity contribution is -0.169. The highest BCUT2D eigenvalue weighted by Gasteiger charge is 2.18. The van der Waals surface area contributed by atoms with E-state index in [9.17, 15) is 0 Å². The summed E-state index contributed by atoms with van der Waals surface area (Å²) in [6.07, 6.45) is 3.35. The number of ether oxygens (including phenoxy) is 2. The van der Waals surface area contributed by atoms with Crippen LogP contribution in [0.25, 0.3) is 0 Å². The first kappa shape index (κ1) is 13.8. The molecule has 1 heterocycles. The molecule has 1 aromatic rings. The van der Waals surface area contributed by atoms with Crippen molar-refractivity contribution in [2.45, 2.75) is 39.6 Å². The van der Waals surface area contributed by atoms with Crippen LogP contribution in [-0.2, 0) is 16.5 Å². The molecule has 1 atom stereocenters. The van der Waals surface area contributed by atoms with Crippen LogP contribution in [0.3, 0.4) is 0 Å². The lowest BCUT2D eigenvalue weighted by atomic mass is 10.1. The van der Waals surface area contributed by atoms with E-state index < -0.39 is 5.60 Å². The smallest absolute Gasteiger partial charge is 0.156 e. The van der Waals surface area contributed by atoms with E-state index in [2.05, 4.69) is 16.9 Å². The fraction of sp³-hybridized carbons (Fsp3) is 0.615. The maximum Gasteiger partial charge on any atom is 0.156 e. The van der Waals surface area contributed by atoms with Gasteiger partial charge in [0, 0.05) is 19.9 Å². The molecule has 0 fully saturated rings. The van der Waals surface area contributed by atoms with Gasteiger partial charge >= 0.3 is 0 Å². The molecule has 4 nitrogen and oxygen atoms in total. The van der Waals surface area contributed by atoms with Crippen LogP contribution in [0.2, 0.25) is 0 Å². The van der Waals surface area contributed by atoms with Crippen molar-refractivity contribution >= 4 is 0 Å². The van der Waals surface area contributed by atoms with Crippen molar-refractivity contribution in [1.82, 2.24) is 9.78 Å². The van der Waals surface area contributed by atoms with Crippen LogP contribution < -0.4 is 0 Å². The summed E-state index contributed by atoms with van der Waals surface area (Å²) < 4.78 is 12.7. The van der Waals surface area contributed by atoms with Gasteiger partial charge in [-0.3, -0.25) is 4.68 Å². The first-order valence-corrected chi connectivity index (χ1v) is 5.74. The highest BCUT2D eigenvalue weighted by atomic mass is 16.7. The van der Waals surface area contributed by atoms with E-state index in [1.165, 1.54) is 0 Å². The molecule has 0 N–H and O–H groups in total. The van der Waals surface area contributed by atoms with E-state index in [0.29, 0.717) is 6.61 Å². The van der Waals surface area contributed by atoms with Gasteiger partial charge in [-0.25, -0.2) is 0 Å². The molecular weight excluding hydrogens is 216 g/mol. The van der Waals surface area contributed by atoms with Gasteiger partial charge < -0.3 is 9.47 Å². The van der Waals surface area contributed by atoms with Crippen LogP contribution in [0.5, 0.6) is 0 Å². The van der Waals surface area contributed by atoms with Gasteiger partial charge in [-0.15, -0.1) is 0 Å². The van der Waals surface area contributed by atoms with Crippen LogP contribution in [0.15, 0.2) is 12.4 Å². The molecule has 0 aromatic carbocycles. The van der Waals surface area contributed by atoms with E-state index >= 15 is 0 Å². The highest BCUT2D eigenvalue weighted by molar-refractivity contribution is 5.32. The van der Waals surface area contributed by atoms with E-state index in [0.717, 1.165) is 5.56 Å². The zero-order chi connectivity index (χ0) is 12.9. The number of aromatic nitrogens is 2. The summed E-state index contributed by atoms with van der Waals surface area (Å²) in [5.74, 6) is 6.11. The second-order valence-corrected chi connectivity index (χ2v) is 4.30. The van der Waals surface area contributed by atoms with Gasteiger partial charge in [0.25, 0.3) is 0 Å². The van der Waals surface area contributed by atoms with Crippen molar-refractivity contribution in [3.05, 3.63) is 18.0 Å². The standard InChI is InChI=1S/C13H20N2O2/c1-6-16-11(2)17-13(3,4)8-7-12-9-14-15(5)10-12/h9-11H,6H2,1-5H3. The molecular formula is C13H20N2O2. The molecule has 1 unspecified atom stereocenters. The third-order valence-electron chi connectivity index (χ3n) is 2.07. The molecule has 0 aliphatic heterocycles. The maximum atomic E-state index is 5.68. The van der Waals surface area contributed by atoms with Gasteiger partial charge in [0.2, 0.25) is 0 Å². The molecule has 0 bridgehead atoms. The first-order chi connectivity index (χ1) is 7.93. The Kier molecular flexibility index (Phi) is 4.73. The van der Waals surface area contributed by atoms with Crippen molar-refractivity contribution in [2.24, 2.45) is 7.05 Å². The largest absolute Gasteiger partial charge is 0.353 e. The average Bonchev–Trinajstić information content (AvgIpc) is 2.61. The van der Waals surface area contributed by atoms with Crippen molar-refractivity contribution in [2.75, 3.05) is 6.61 Å². The topological polar surface area (TPSA) is 36.3 Å². The van der Waals surface area contributed by atoms with Crippen molar-refractivity contribution < 1.29 is 9.47 Å². The van der Waals surface area contributed by atoms with Crippen LogP contribution >= 0.6 is 0 Å². The van der Waals surface area contributed by atoms with Gasteiger partial charge in [-0.05, 0) is 27.7 Å². The molecule has 0 aliphatic rings. The summed E-state index contributed by atoms with van der Waals surface area (Å²) in [6, 6.07) is 0. The lowest BCUT2D eigenvalue weighted by Gasteiger charge is -2.23. The van der Waals surface area contributed by atoms with Gasteiger partial charge in [0.15, 0.2) is 6.29 Å². The monoisotopic (exact) mass is 236 g/mol. The molecule has 0 spiro atoms. The molecule has 17 heavy (non-hydrogen) atoms. The Morgan fingerprint density at radius 3 is 2.76 bits per heavy atom. The zero-order valence-electron chi connectivity index (χ0n) is 11.2. The second kappa shape index (κ2) is 5.85. The van der Waals surface area contributed by atoms with Crippen molar-refractivity contribution in [3.63, 3.8) is 0 Å². The Morgan fingerprint density at radius 1 is 1.53 bits per heavy atom. The van der Waals surface area contributed by atoms with Crippen LogP contribution in [0.1, 0.15) is 33.3 Å².